The second kappa shape index (κ2) is 5.14. The molecule has 0 bridgehead atoms. The van der Waals surface area contributed by atoms with Crippen molar-refractivity contribution < 1.29 is 9.90 Å². The number of nitrogens with zero attached hydrogens (tertiary/aromatic N) is 3. The fourth-order valence-electron chi connectivity index (χ4n) is 1.50. The van der Waals surface area contributed by atoms with Crippen LogP contribution in [0.4, 0.5) is 5.95 Å². The minimum Gasteiger partial charge on any atom is -0.481 e. The second-order valence-corrected chi connectivity index (χ2v) is 4.82. The highest BCUT2D eigenvalue weighted by atomic mass is 32.1. The van der Waals surface area contributed by atoms with E-state index in [-0.39, 0.29) is 6.42 Å². The van der Waals surface area contributed by atoms with Gasteiger partial charge in [-0.25, -0.2) is 0 Å². The molecule has 0 amide bonds. The van der Waals surface area contributed by atoms with E-state index in [9.17, 15) is 4.79 Å². The first-order valence-electron chi connectivity index (χ1n) is 5.38. The van der Waals surface area contributed by atoms with Crippen molar-refractivity contribution in [1.82, 2.24) is 9.36 Å². The highest BCUT2D eigenvalue weighted by molar-refractivity contribution is 7.09. The van der Waals surface area contributed by atoms with Crippen LogP contribution in [0.2, 0.25) is 0 Å². The van der Waals surface area contributed by atoms with Gasteiger partial charge in [0.25, 0.3) is 0 Å². The number of benzene rings is 1. The zero-order chi connectivity index (χ0) is 13.1. The first-order valence-corrected chi connectivity index (χ1v) is 6.16. The second-order valence-electron chi connectivity index (χ2n) is 4.06. The standard InChI is InChI=1S/C12H13N3O2S/c1-15(2)12-13-11(18-14-12)9-5-3-4-8(6-9)7-10(16)17/h3-6H,7H2,1-2H3,(H,16,17). The fraction of sp³-hybridized carbons (Fsp3) is 0.250. The van der Waals surface area contributed by atoms with Crippen LogP contribution in [0, 0.1) is 0 Å². The maximum atomic E-state index is 10.7. The van der Waals surface area contributed by atoms with Gasteiger partial charge in [0.05, 0.1) is 6.42 Å². The first-order chi connectivity index (χ1) is 8.56. The van der Waals surface area contributed by atoms with Gasteiger partial charge in [-0.15, -0.1) is 0 Å². The van der Waals surface area contributed by atoms with Gasteiger partial charge in [0.15, 0.2) is 0 Å². The van der Waals surface area contributed by atoms with Gasteiger partial charge < -0.3 is 10.0 Å². The highest BCUT2D eigenvalue weighted by Crippen LogP contribution is 2.24. The summed E-state index contributed by atoms with van der Waals surface area (Å²) in [6, 6.07) is 7.38. The normalized spacial score (nSPS) is 10.3. The molecule has 0 spiro atoms. The topological polar surface area (TPSA) is 66.3 Å². The van der Waals surface area contributed by atoms with Crippen molar-refractivity contribution >= 4 is 23.5 Å². The van der Waals surface area contributed by atoms with Gasteiger partial charge >= 0.3 is 5.97 Å². The van der Waals surface area contributed by atoms with E-state index in [1.807, 2.05) is 37.2 Å². The molecule has 1 aromatic heterocycles. The summed E-state index contributed by atoms with van der Waals surface area (Å²) in [5.41, 5.74) is 1.67. The Balaban J connectivity index is 2.29. The van der Waals surface area contributed by atoms with Crippen LogP contribution in [0.1, 0.15) is 5.56 Å². The molecule has 0 aliphatic heterocycles. The molecule has 0 aliphatic carbocycles. The van der Waals surface area contributed by atoms with Gasteiger partial charge in [0, 0.05) is 19.7 Å². The molecule has 5 nitrogen and oxygen atoms in total. The van der Waals surface area contributed by atoms with Gasteiger partial charge in [-0.05, 0) is 23.2 Å². The Morgan fingerprint density at radius 3 is 2.83 bits per heavy atom. The monoisotopic (exact) mass is 263 g/mol. The summed E-state index contributed by atoms with van der Waals surface area (Å²) in [7, 11) is 3.76. The molecule has 2 rings (SSSR count). The lowest BCUT2D eigenvalue weighted by Gasteiger charge is -2.04. The smallest absolute Gasteiger partial charge is 0.307 e. The highest BCUT2D eigenvalue weighted by Gasteiger charge is 2.09. The number of carboxylic acids is 1. The Labute approximate surface area is 109 Å². The van der Waals surface area contributed by atoms with Crippen molar-refractivity contribution in [3.8, 4) is 10.6 Å². The van der Waals surface area contributed by atoms with Crippen LogP contribution >= 0.6 is 11.5 Å². The van der Waals surface area contributed by atoms with E-state index in [2.05, 4.69) is 9.36 Å². The van der Waals surface area contributed by atoms with E-state index >= 15 is 0 Å². The van der Waals surface area contributed by atoms with Gasteiger partial charge in [0.1, 0.15) is 5.01 Å². The van der Waals surface area contributed by atoms with Crippen LogP contribution in [-0.4, -0.2) is 34.5 Å². The van der Waals surface area contributed by atoms with Crippen LogP contribution in [-0.2, 0) is 11.2 Å². The molecule has 94 valence electrons. The van der Waals surface area contributed by atoms with Crippen LogP contribution in [0.25, 0.3) is 10.6 Å². The Kier molecular flexibility index (Phi) is 3.57. The Bertz CT molecular complexity index is 566. The maximum Gasteiger partial charge on any atom is 0.307 e. The summed E-state index contributed by atoms with van der Waals surface area (Å²) in [5, 5.41) is 9.57. The van der Waals surface area contributed by atoms with Gasteiger partial charge in [-0.2, -0.15) is 9.36 Å². The molecule has 0 aliphatic rings. The van der Waals surface area contributed by atoms with E-state index in [0.29, 0.717) is 5.95 Å². The molecule has 0 unspecified atom stereocenters. The van der Waals surface area contributed by atoms with Crippen molar-refractivity contribution in [2.45, 2.75) is 6.42 Å². The van der Waals surface area contributed by atoms with Crippen molar-refractivity contribution in [2.24, 2.45) is 0 Å². The van der Waals surface area contributed by atoms with Crippen molar-refractivity contribution in [2.75, 3.05) is 19.0 Å². The molecule has 0 fully saturated rings. The summed E-state index contributed by atoms with van der Waals surface area (Å²) in [5.74, 6) is -0.169. The molecule has 0 saturated carbocycles. The fourth-order valence-corrected chi connectivity index (χ4v) is 2.23. The number of anilines is 1. The largest absolute Gasteiger partial charge is 0.481 e. The predicted octanol–water partition coefficient (Wildman–Crippen LogP) is 1.90. The lowest BCUT2D eigenvalue weighted by molar-refractivity contribution is -0.136. The van der Waals surface area contributed by atoms with Crippen LogP contribution < -0.4 is 4.90 Å². The Hall–Kier alpha value is -1.95. The molecule has 0 saturated heterocycles. The molecule has 1 N–H and O–H groups in total. The molecule has 18 heavy (non-hydrogen) atoms. The number of aliphatic carboxylic acids is 1. The average Bonchev–Trinajstić information content (AvgIpc) is 2.77. The minimum atomic E-state index is -0.835. The summed E-state index contributed by atoms with van der Waals surface area (Å²) in [4.78, 5) is 16.9. The van der Waals surface area contributed by atoms with E-state index in [0.717, 1.165) is 16.1 Å². The van der Waals surface area contributed by atoms with Crippen molar-refractivity contribution in [3.63, 3.8) is 0 Å². The third-order valence-electron chi connectivity index (χ3n) is 2.34. The van der Waals surface area contributed by atoms with E-state index in [1.165, 1.54) is 11.5 Å². The van der Waals surface area contributed by atoms with Crippen LogP contribution in [0.15, 0.2) is 24.3 Å². The molecule has 0 atom stereocenters. The number of carbonyl (C=O) groups is 1. The Morgan fingerprint density at radius 1 is 1.44 bits per heavy atom. The molecule has 2 aromatic rings. The van der Waals surface area contributed by atoms with Gasteiger partial charge in [-0.3, -0.25) is 4.79 Å². The summed E-state index contributed by atoms with van der Waals surface area (Å²) >= 11 is 1.31. The third-order valence-corrected chi connectivity index (χ3v) is 3.10. The zero-order valence-electron chi connectivity index (χ0n) is 10.1. The predicted molar refractivity (Wildman–Crippen MR) is 71.0 cm³/mol. The molecule has 1 heterocycles. The lowest BCUT2D eigenvalue weighted by Crippen LogP contribution is -2.09. The summed E-state index contributed by atoms with van der Waals surface area (Å²) < 4.78 is 4.22. The van der Waals surface area contributed by atoms with Crippen molar-refractivity contribution in [3.05, 3.63) is 29.8 Å². The van der Waals surface area contributed by atoms with Crippen LogP contribution in [0.5, 0.6) is 0 Å². The molecule has 6 heteroatoms. The van der Waals surface area contributed by atoms with E-state index < -0.39 is 5.97 Å². The third kappa shape index (κ3) is 2.84. The number of hydrogen-bond donors (Lipinski definition) is 1. The zero-order valence-corrected chi connectivity index (χ0v) is 10.9. The molecule has 1 aromatic carbocycles. The Morgan fingerprint density at radius 2 is 2.22 bits per heavy atom. The van der Waals surface area contributed by atoms with Crippen molar-refractivity contribution in [1.29, 1.82) is 0 Å². The summed E-state index contributed by atoms with van der Waals surface area (Å²) in [6.07, 6.45) is 0.0210. The maximum absolute atomic E-state index is 10.7. The molecule has 0 radical (unpaired) electrons. The average molecular weight is 263 g/mol. The first kappa shape index (κ1) is 12.5. The number of carboxylic acid groups (broad SMARTS) is 1. The summed E-state index contributed by atoms with van der Waals surface area (Å²) in [6.45, 7) is 0. The van der Waals surface area contributed by atoms with E-state index in [1.54, 1.807) is 6.07 Å². The number of rotatable bonds is 4. The van der Waals surface area contributed by atoms with Gasteiger partial charge in [-0.1, -0.05) is 18.2 Å². The molecular formula is C12H13N3O2S. The molecular weight excluding hydrogens is 250 g/mol. The van der Waals surface area contributed by atoms with Gasteiger partial charge in [0.2, 0.25) is 5.95 Å². The minimum absolute atomic E-state index is 0.0210. The van der Waals surface area contributed by atoms with Crippen LogP contribution in [0.3, 0.4) is 0 Å². The SMILES string of the molecule is CN(C)c1nsc(-c2cccc(CC(=O)O)c2)n1. The van der Waals surface area contributed by atoms with E-state index in [4.69, 9.17) is 5.11 Å². The lowest BCUT2D eigenvalue weighted by atomic mass is 10.1. The number of hydrogen-bond acceptors (Lipinski definition) is 5. The quantitative estimate of drug-likeness (QED) is 0.912. The number of aromatic nitrogens is 2.